The Morgan fingerprint density at radius 2 is 2.12 bits per heavy atom. The van der Waals surface area contributed by atoms with Crippen molar-refractivity contribution >= 4 is 5.91 Å². The largest absolute Gasteiger partial charge is 0.338 e. The number of nitrogens with zero attached hydrogens (tertiary/aromatic N) is 5. The average molecular weight is 336 g/mol. The van der Waals surface area contributed by atoms with Gasteiger partial charge in [-0.2, -0.15) is 5.10 Å². The van der Waals surface area contributed by atoms with Gasteiger partial charge in [-0.05, 0) is 49.4 Å². The van der Waals surface area contributed by atoms with E-state index < -0.39 is 0 Å². The van der Waals surface area contributed by atoms with Gasteiger partial charge in [0.25, 0.3) is 5.91 Å². The second-order valence-corrected chi connectivity index (χ2v) is 6.46. The average Bonchev–Trinajstić information content (AvgIpc) is 3.35. The number of hydrogen-bond acceptors (Lipinski definition) is 4. The molecule has 3 aromatic rings. The summed E-state index contributed by atoms with van der Waals surface area (Å²) < 4.78 is 1.80. The molecule has 1 fully saturated rings. The second kappa shape index (κ2) is 6.88. The third-order valence-electron chi connectivity index (χ3n) is 4.68. The molecule has 25 heavy (non-hydrogen) atoms. The van der Waals surface area contributed by atoms with E-state index in [1.807, 2.05) is 35.2 Å². The van der Waals surface area contributed by atoms with Crippen LogP contribution < -0.4 is 0 Å². The SMILES string of the molecule is O=C(c1cccc(-n2cnnc2)c1)N1CCC[C@@H](Cc2ccn[nH]2)C1. The summed E-state index contributed by atoms with van der Waals surface area (Å²) in [4.78, 5) is 14.9. The number of likely N-dealkylation sites (tertiary alicyclic amines) is 1. The number of benzene rings is 1. The van der Waals surface area contributed by atoms with E-state index in [4.69, 9.17) is 0 Å². The first kappa shape index (κ1) is 15.6. The summed E-state index contributed by atoms with van der Waals surface area (Å²) in [6, 6.07) is 9.61. The molecule has 0 unspecified atom stereocenters. The quantitative estimate of drug-likeness (QED) is 0.791. The number of H-pyrrole nitrogens is 1. The zero-order chi connectivity index (χ0) is 17.1. The summed E-state index contributed by atoms with van der Waals surface area (Å²) in [6.07, 6.45) is 8.15. The van der Waals surface area contributed by atoms with Crippen molar-refractivity contribution in [1.29, 1.82) is 0 Å². The maximum absolute atomic E-state index is 12.9. The molecule has 7 nitrogen and oxygen atoms in total. The van der Waals surface area contributed by atoms with Crippen LogP contribution >= 0.6 is 0 Å². The molecular weight excluding hydrogens is 316 g/mol. The molecule has 1 atom stereocenters. The van der Waals surface area contributed by atoms with E-state index in [2.05, 4.69) is 20.4 Å². The van der Waals surface area contributed by atoms with Crippen LogP contribution in [0.4, 0.5) is 0 Å². The van der Waals surface area contributed by atoms with Crippen LogP contribution in [0, 0.1) is 5.92 Å². The van der Waals surface area contributed by atoms with Gasteiger partial charge < -0.3 is 4.90 Å². The molecule has 0 bridgehead atoms. The topological polar surface area (TPSA) is 79.7 Å². The minimum absolute atomic E-state index is 0.0873. The Balaban J connectivity index is 1.47. The Kier molecular flexibility index (Phi) is 4.28. The monoisotopic (exact) mass is 336 g/mol. The number of carbonyl (C=O) groups is 1. The van der Waals surface area contributed by atoms with Gasteiger partial charge in [0.1, 0.15) is 12.7 Å². The van der Waals surface area contributed by atoms with E-state index in [1.165, 1.54) is 0 Å². The van der Waals surface area contributed by atoms with Crippen molar-refractivity contribution in [2.45, 2.75) is 19.3 Å². The van der Waals surface area contributed by atoms with Gasteiger partial charge in [-0.3, -0.25) is 14.5 Å². The fraction of sp³-hybridized carbons (Fsp3) is 0.333. The van der Waals surface area contributed by atoms with Gasteiger partial charge in [-0.15, -0.1) is 10.2 Å². The molecule has 1 amide bonds. The Bertz CT molecular complexity index is 827. The lowest BCUT2D eigenvalue weighted by Crippen LogP contribution is -2.40. The van der Waals surface area contributed by atoms with Gasteiger partial charge in [-0.1, -0.05) is 6.07 Å². The van der Waals surface area contributed by atoms with Gasteiger partial charge in [-0.25, -0.2) is 0 Å². The van der Waals surface area contributed by atoms with Gasteiger partial charge in [0.15, 0.2) is 0 Å². The van der Waals surface area contributed by atoms with Crippen LogP contribution in [0.3, 0.4) is 0 Å². The van der Waals surface area contributed by atoms with Crippen LogP contribution in [-0.2, 0) is 6.42 Å². The van der Waals surface area contributed by atoms with Crippen molar-refractivity contribution < 1.29 is 4.79 Å². The molecule has 0 spiro atoms. The van der Waals surface area contributed by atoms with Gasteiger partial charge in [0, 0.05) is 36.2 Å². The molecule has 2 aromatic heterocycles. The summed E-state index contributed by atoms with van der Waals surface area (Å²) in [6.45, 7) is 1.60. The molecule has 0 saturated carbocycles. The first-order chi connectivity index (χ1) is 12.3. The van der Waals surface area contributed by atoms with Crippen molar-refractivity contribution in [2.75, 3.05) is 13.1 Å². The van der Waals surface area contributed by atoms with E-state index in [0.29, 0.717) is 11.5 Å². The molecular formula is C18H20N6O. The number of amides is 1. The Hall–Kier alpha value is -2.96. The lowest BCUT2D eigenvalue weighted by Gasteiger charge is -2.32. The van der Waals surface area contributed by atoms with Crippen molar-refractivity contribution in [3.63, 3.8) is 0 Å². The summed E-state index contributed by atoms with van der Waals surface area (Å²) in [5.41, 5.74) is 2.73. The molecule has 1 aliphatic rings. The molecule has 0 aliphatic carbocycles. The highest BCUT2D eigenvalue weighted by molar-refractivity contribution is 5.94. The second-order valence-electron chi connectivity index (χ2n) is 6.46. The third-order valence-corrected chi connectivity index (χ3v) is 4.68. The standard InChI is InChI=1S/C18H20N6O/c25-18(15-4-1-5-17(10-15)24-12-20-21-13-24)23-8-2-3-14(11-23)9-16-6-7-19-22-16/h1,4-7,10,12-14H,2-3,8-9,11H2,(H,19,22)/t14-/m0/s1. The smallest absolute Gasteiger partial charge is 0.253 e. The molecule has 4 rings (SSSR count). The predicted molar refractivity (Wildman–Crippen MR) is 92.3 cm³/mol. The summed E-state index contributed by atoms with van der Waals surface area (Å²) in [5, 5.41) is 14.7. The van der Waals surface area contributed by atoms with Crippen LogP contribution in [0.1, 0.15) is 28.9 Å². The van der Waals surface area contributed by atoms with Crippen LogP contribution in [0.25, 0.3) is 5.69 Å². The van der Waals surface area contributed by atoms with Gasteiger partial charge in [0.05, 0.1) is 0 Å². The fourth-order valence-electron chi connectivity index (χ4n) is 3.44. The van der Waals surface area contributed by atoms with E-state index in [-0.39, 0.29) is 5.91 Å². The molecule has 3 heterocycles. The number of aromatic amines is 1. The molecule has 1 N–H and O–H groups in total. The Morgan fingerprint density at radius 1 is 1.24 bits per heavy atom. The van der Waals surface area contributed by atoms with Crippen molar-refractivity contribution in [3.8, 4) is 5.69 Å². The number of rotatable bonds is 4. The first-order valence-corrected chi connectivity index (χ1v) is 8.52. The van der Waals surface area contributed by atoms with Gasteiger partial charge in [0.2, 0.25) is 0 Å². The lowest BCUT2D eigenvalue weighted by atomic mass is 9.93. The van der Waals surface area contributed by atoms with E-state index in [0.717, 1.165) is 43.7 Å². The highest BCUT2D eigenvalue weighted by Crippen LogP contribution is 2.22. The zero-order valence-electron chi connectivity index (χ0n) is 13.9. The minimum Gasteiger partial charge on any atom is -0.338 e. The molecule has 1 aromatic carbocycles. The van der Waals surface area contributed by atoms with Crippen LogP contribution in [0.15, 0.2) is 49.2 Å². The minimum atomic E-state index is 0.0873. The predicted octanol–water partition coefficient (Wildman–Crippen LogP) is 2.09. The zero-order valence-corrected chi connectivity index (χ0v) is 13.9. The number of aromatic nitrogens is 5. The summed E-state index contributed by atoms with van der Waals surface area (Å²) in [5.74, 6) is 0.559. The molecule has 1 aliphatic heterocycles. The molecule has 1 saturated heterocycles. The van der Waals surface area contributed by atoms with E-state index >= 15 is 0 Å². The van der Waals surface area contributed by atoms with E-state index in [9.17, 15) is 4.79 Å². The number of carbonyl (C=O) groups excluding carboxylic acids is 1. The van der Waals surface area contributed by atoms with Gasteiger partial charge >= 0.3 is 0 Å². The summed E-state index contributed by atoms with van der Waals surface area (Å²) >= 11 is 0. The lowest BCUT2D eigenvalue weighted by molar-refractivity contribution is 0.0673. The fourth-order valence-corrected chi connectivity index (χ4v) is 3.44. The third kappa shape index (κ3) is 3.45. The maximum atomic E-state index is 12.9. The summed E-state index contributed by atoms with van der Waals surface area (Å²) in [7, 11) is 0. The molecule has 7 heteroatoms. The normalized spacial score (nSPS) is 17.6. The molecule has 0 radical (unpaired) electrons. The van der Waals surface area contributed by atoms with Crippen LogP contribution in [-0.4, -0.2) is 48.9 Å². The number of piperidine rings is 1. The Labute approximate surface area is 145 Å². The van der Waals surface area contributed by atoms with E-state index in [1.54, 1.807) is 23.4 Å². The van der Waals surface area contributed by atoms with Crippen molar-refractivity contribution in [1.82, 2.24) is 29.9 Å². The Morgan fingerprint density at radius 3 is 2.92 bits per heavy atom. The number of nitrogens with one attached hydrogen (secondary N) is 1. The number of hydrogen-bond donors (Lipinski definition) is 1. The molecule has 128 valence electrons. The van der Waals surface area contributed by atoms with Crippen molar-refractivity contribution in [2.24, 2.45) is 5.92 Å². The first-order valence-electron chi connectivity index (χ1n) is 8.52. The van der Waals surface area contributed by atoms with Crippen LogP contribution in [0.2, 0.25) is 0 Å². The maximum Gasteiger partial charge on any atom is 0.253 e. The van der Waals surface area contributed by atoms with Crippen molar-refractivity contribution in [3.05, 3.63) is 60.4 Å². The van der Waals surface area contributed by atoms with Crippen LogP contribution in [0.5, 0.6) is 0 Å². The highest BCUT2D eigenvalue weighted by atomic mass is 16.2. The highest BCUT2D eigenvalue weighted by Gasteiger charge is 2.25.